The topological polar surface area (TPSA) is 41.5 Å². The smallest absolute Gasteiger partial charge is 0.0712 e. The number of fused-ring (bicyclic) bond motifs is 1. The van der Waals surface area contributed by atoms with Crippen LogP contribution < -0.4 is 5.32 Å². The molecule has 100 valence electrons. The third kappa shape index (κ3) is 2.25. The van der Waals surface area contributed by atoms with Crippen molar-refractivity contribution in [3.63, 3.8) is 0 Å². The summed E-state index contributed by atoms with van der Waals surface area (Å²) in [5, 5.41) is 13.6. The minimum Gasteiger partial charge on any atom is -0.391 e. The molecule has 2 aliphatic rings. The molecule has 1 aliphatic carbocycles. The van der Waals surface area contributed by atoms with E-state index >= 15 is 0 Å². The maximum absolute atomic E-state index is 10.1. The fourth-order valence-corrected chi connectivity index (χ4v) is 3.28. The molecular weight excluding hydrogens is 214 g/mol. The summed E-state index contributed by atoms with van der Waals surface area (Å²) in [6.07, 6.45) is 1.30. The van der Waals surface area contributed by atoms with Crippen LogP contribution in [0.2, 0.25) is 0 Å². The molecule has 0 spiro atoms. The van der Waals surface area contributed by atoms with Crippen molar-refractivity contribution in [1.82, 2.24) is 5.32 Å². The zero-order chi connectivity index (χ0) is 12.8. The second-order valence-corrected chi connectivity index (χ2v) is 7.33. The molecule has 4 unspecified atom stereocenters. The van der Waals surface area contributed by atoms with Crippen molar-refractivity contribution in [2.75, 3.05) is 13.2 Å². The molecular formula is C14H27NO2. The Morgan fingerprint density at radius 2 is 2.06 bits per heavy atom. The first-order chi connectivity index (χ1) is 7.74. The van der Waals surface area contributed by atoms with E-state index in [0.29, 0.717) is 24.6 Å². The van der Waals surface area contributed by atoms with Gasteiger partial charge in [0, 0.05) is 30.5 Å². The molecule has 2 fully saturated rings. The zero-order valence-electron chi connectivity index (χ0n) is 11.8. The normalized spacial score (nSPS) is 37.4. The summed E-state index contributed by atoms with van der Waals surface area (Å²) in [5.74, 6) is 0.650. The highest BCUT2D eigenvalue weighted by molar-refractivity contribution is 5.11. The first-order valence-electron chi connectivity index (χ1n) is 6.77. The Balaban J connectivity index is 1.88. The van der Waals surface area contributed by atoms with E-state index in [2.05, 4.69) is 39.9 Å². The Morgan fingerprint density at radius 3 is 2.65 bits per heavy atom. The van der Waals surface area contributed by atoms with Gasteiger partial charge in [0.1, 0.15) is 0 Å². The van der Waals surface area contributed by atoms with Crippen molar-refractivity contribution in [3.8, 4) is 0 Å². The van der Waals surface area contributed by atoms with Crippen LogP contribution in [0, 0.1) is 16.7 Å². The predicted molar refractivity (Wildman–Crippen MR) is 68.9 cm³/mol. The third-order valence-corrected chi connectivity index (χ3v) is 4.63. The van der Waals surface area contributed by atoms with Gasteiger partial charge in [-0.05, 0) is 11.8 Å². The Bertz CT molecular complexity index is 282. The minimum absolute atomic E-state index is 0.0491. The third-order valence-electron chi connectivity index (χ3n) is 4.63. The van der Waals surface area contributed by atoms with Crippen molar-refractivity contribution in [1.29, 1.82) is 0 Å². The summed E-state index contributed by atoms with van der Waals surface area (Å²) in [5.41, 5.74) is 0.158. The SMILES string of the molecule is CC(C)(C)C(O)CNC1C2CCOC2C1(C)C. The molecule has 0 aromatic rings. The van der Waals surface area contributed by atoms with Crippen molar-refractivity contribution in [2.45, 2.75) is 59.3 Å². The van der Waals surface area contributed by atoms with E-state index in [1.807, 2.05) is 0 Å². The lowest BCUT2D eigenvalue weighted by Crippen LogP contribution is -2.66. The van der Waals surface area contributed by atoms with Crippen LogP contribution in [-0.4, -0.2) is 36.5 Å². The number of hydrogen-bond donors (Lipinski definition) is 2. The van der Waals surface area contributed by atoms with Gasteiger partial charge in [-0.15, -0.1) is 0 Å². The van der Waals surface area contributed by atoms with E-state index < -0.39 is 0 Å². The number of aliphatic hydroxyl groups excluding tert-OH is 1. The van der Waals surface area contributed by atoms with Crippen molar-refractivity contribution in [3.05, 3.63) is 0 Å². The van der Waals surface area contributed by atoms with Crippen LogP contribution in [0.5, 0.6) is 0 Å². The summed E-state index contributed by atoms with van der Waals surface area (Å²) in [4.78, 5) is 0. The van der Waals surface area contributed by atoms with Gasteiger partial charge in [-0.1, -0.05) is 34.6 Å². The molecule has 0 aromatic heterocycles. The monoisotopic (exact) mass is 241 g/mol. The summed E-state index contributed by atoms with van der Waals surface area (Å²) < 4.78 is 5.77. The van der Waals surface area contributed by atoms with Gasteiger partial charge in [0.2, 0.25) is 0 Å². The van der Waals surface area contributed by atoms with Gasteiger partial charge < -0.3 is 15.2 Å². The van der Waals surface area contributed by atoms with Gasteiger partial charge in [0.25, 0.3) is 0 Å². The Morgan fingerprint density at radius 1 is 1.41 bits per heavy atom. The van der Waals surface area contributed by atoms with Gasteiger partial charge in [0.05, 0.1) is 12.2 Å². The van der Waals surface area contributed by atoms with Crippen LogP contribution in [0.4, 0.5) is 0 Å². The average Bonchev–Trinajstić information content (AvgIpc) is 2.62. The number of rotatable bonds is 3. The molecule has 0 aromatic carbocycles. The van der Waals surface area contributed by atoms with Crippen molar-refractivity contribution >= 4 is 0 Å². The maximum Gasteiger partial charge on any atom is 0.0712 e. The number of hydrogen-bond acceptors (Lipinski definition) is 3. The van der Waals surface area contributed by atoms with Crippen LogP contribution in [-0.2, 0) is 4.74 Å². The molecule has 0 amide bonds. The fourth-order valence-electron chi connectivity index (χ4n) is 3.28. The second kappa shape index (κ2) is 4.22. The van der Waals surface area contributed by atoms with Gasteiger partial charge in [-0.3, -0.25) is 0 Å². The number of nitrogens with one attached hydrogen (secondary N) is 1. The summed E-state index contributed by atoms with van der Waals surface area (Å²) >= 11 is 0. The Labute approximate surface area is 105 Å². The highest BCUT2D eigenvalue weighted by atomic mass is 16.5. The molecule has 3 heteroatoms. The molecule has 1 saturated carbocycles. The molecule has 4 atom stereocenters. The first-order valence-corrected chi connectivity index (χ1v) is 6.77. The van der Waals surface area contributed by atoms with E-state index in [0.717, 1.165) is 13.0 Å². The largest absolute Gasteiger partial charge is 0.391 e. The summed E-state index contributed by atoms with van der Waals surface area (Å²) in [6.45, 7) is 12.3. The van der Waals surface area contributed by atoms with E-state index in [-0.39, 0.29) is 16.9 Å². The average molecular weight is 241 g/mol. The van der Waals surface area contributed by atoms with Crippen molar-refractivity contribution in [2.24, 2.45) is 16.7 Å². The molecule has 2 rings (SSSR count). The molecule has 1 heterocycles. The lowest BCUT2D eigenvalue weighted by molar-refractivity contribution is -0.115. The van der Waals surface area contributed by atoms with Crippen LogP contribution in [0.15, 0.2) is 0 Å². The van der Waals surface area contributed by atoms with Crippen LogP contribution in [0.1, 0.15) is 41.0 Å². The lowest BCUT2D eigenvalue weighted by Gasteiger charge is -2.55. The van der Waals surface area contributed by atoms with Gasteiger partial charge in [-0.25, -0.2) is 0 Å². The van der Waals surface area contributed by atoms with Crippen molar-refractivity contribution < 1.29 is 9.84 Å². The van der Waals surface area contributed by atoms with Gasteiger partial charge in [0.15, 0.2) is 0 Å². The Kier molecular flexibility index (Phi) is 3.30. The number of ether oxygens (including phenoxy) is 1. The maximum atomic E-state index is 10.1. The van der Waals surface area contributed by atoms with E-state index in [1.54, 1.807) is 0 Å². The van der Waals surface area contributed by atoms with E-state index in [4.69, 9.17) is 4.74 Å². The quantitative estimate of drug-likeness (QED) is 0.791. The Hall–Kier alpha value is -0.120. The minimum atomic E-state index is -0.292. The summed E-state index contributed by atoms with van der Waals surface area (Å²) in [7, 11) is 0. The molecule has 1 aliphatic heterocycles. The van der Waals surface area contributed by atoms with E-state index in [9.17, 15) is 5.11 Å². The molecule has 0 bridgehead atoms. The van der Waals surface area contributed by atoms with Gasteiger partial charge in [-0.2, -0.15) is 0 Å². The van der Waals surface area contributed by atoms with E-state index in [1.165, 1.54) is 0 Å². The predicted octanol–water partition coefficient (Wildman–Crippen LogP) is 1.80. The molecule has 3 nitrogen and oxygen atoms in total. The van der Waals surface area contributed by atoms with Crippen LogP contribution in [0.3, 0.4) is 0 Å². The molecule has 1 saturated heterocycles. The van der Waals surface area contributed by atoms with Crippen LogP contribution >= 0.6 is 0 Å². The van der Waals surface area contributed by atoms with Crippen LogP contribution in [0.25, 0.3) is 0 Å². The summed E-state index contributed by atoms with van der Waals surface area (Å²) in [6, 6.07) is 0.493. The number of aliphatic hydroxyl groups is 1. The molecule has 0 radical (unpaired) electrons. The lowest BCUT2D eigenvalue weighted by atomic mass is 9.57. The molecule has 17 heavy (non-hydrogen) atoms. The molecule has 2 N–H and O–H groups in total. The second-order valence-electron chi connectivity index (χ2n) is 7.33. The highest BCUT2D eigenvalue weighted by Crippen LogP contribution is 2.52. The standard InChI is InChI=1S/C14H27NO2/c1-13(2,3)10(16)8-15-11-9-6-7-17-12(9)14(11,4)5/h9-12,15-16H,6-8H2,1-5H3. The first kappa shape index (κ1) is 13.3. The zero-order valence-corrected chi connectivity index (χ0v) is 11.8. The highest BCUT2D eigenvalue weighted by Gasteiger charge is 2.59. The van der Waals surface area contributed by atoms with Gasteiger partial charge >= 0.3 is 0 Å². The fraction of sp³-hybridized carbons (Fsp3) is 1.00.